The Bertz CT molecular complexity index is 458. The number of nitrogens with two attached hydrogens (primary N) is 2. The number of anilines is 3. The molecule has 1 aromatic rings. The number of nitrogen functional groups attached to an aromatic ring is 2. The molecule has 0 bridgehead atoms. The summed E-state index contributed by atoms with van der Waals surface area (Å²) in [4.78, 5) is 34.4. The summed E-state index contributed by atoms with van der Waals surface area (Å²) >= 11 is 0. The zero-order valence-corrected chi connectivity index (χ0v) is 8.83. The highest BCUT2D eigenvalue weighted by Crippen LogP contribution is 2.11. The number of imide groups is 1. The highest BCUT2D eigenvalue weighted by atomic mass is 16.2. The molecule has 0 fully saturated rings. The van der Waals surface area contributed by atoms with Crippen molar-refractivity contribution in [1.82, 2.24) is 15.0 Å². The Morgan fingerprint density at radius 3 is 1.76 bits per heavy atom. The second-order valence-corrected chi connectivity index (χ2v) is 2.77. The minimum absolute atomic E-state index is 0.203. The Morgan fingerprint density at radius 1 is 1.00 bits per heavy atom. The van der Waals surface area contributed by atoms with Gasteiger partial charge in [0.2, 0.25) is 17.8 Å². The van der Waals surface area contributed by atoms with Gasteiger partial charge in [-0.25, -0.2) is 4.90 Å². The van der Waals surface area contributed by atoms with Crippen LogP contribution in [0.1, 0.15) is 0 Å². The Labute approximate surface area is 96.7 Å². The SMILES string of the molecule is C=CC(=O)N(C(=O)C=C)c1nc(N)nc(N)n1. The van der Waals surface area contributed by atoms with E-state index in [-0.39, 0.29) is 17.8 Å². The third-order valence-electron chi connectivity index (χ3n) is 1.65. The summed E-state index contributed by atoms with van der Waals surface area (Å²) in [6.07, 6.45) is 1.86. The monoisotopic (exact) mass is 234 g/mol. The van der Waals surface area contributed by atoms with Crippen molar-refractivity contribution in [3.05, 3.63) is 25.3 Å². The van der Waals surface area contributed by atoms with Gasteiger partial charge in [0.1, 0.15) is 0 Å². The van der Waals surface area contributed by atoms with E-state index in [0.29, 0.717) is 4.90 Å². The van der Waals surface area contributed by atoms with E-state index in [2.05, 4.69) is 28.1 Å². The van der Waals surface area contributed by atoms with E-state index in [1.54, 1.807) is 0 Å². The molecule has 8 heteroatoms. The minimum atomic E-state index is -0.722. The smallest absolute Gasteiger partial charge is 0.259 e. The molecule has 0 saturated carbocycles. The van der Waals surface area contributed by atoms with Gasteiger partial charge in [-0.3, -0.25) is 9.59 Å². The van der Waals surface area contributed by atoms with Crippen LogP contribution in [0, 0.1) is 0 Å². The molecule has 1 aromatic heterocycles. The fourth-order valence-electron chi connectivity index (χ4n) is 0.986. The average Bonchev–Trinajstić information content (AvgIpc) is 2.27. The highest BCUT2D eigenvalue weighted by Gasteiger charge is 2.22. The number of rotatable bonds is 3. The molecule has 0 aliphatic heterocycles. The van der Waals surface area contributed by atoms with Crippen LogP contribution < -0.4 is 16.4 Å². The van der Waals surface area contributed by atoms with Gasteiger partial charge in [0.15, 0.2) is 0 Å². The van der Waals surface area contributed by atoms with Crippen molar-refractivity contribution >= 4 is 29.7 Å². The summed E-state index contributed by atoms with van der Waals surface area (Å²) < 4.78 is 0. The molecule has 17 heavy (non-hydrogen) atoms. The molecular weight excluding hydrogens is 224 g/mol. The number of carbonyl (C=O) groups is 2. The lowest BCUT2D eigenvalue weighted by molar-refractivity contribution is -0.121. The van der Waals surface area contributed by atoms with Crippen LogP contribution in [0.25, 0.3) is 0 Å². The van der Waals surface area contributed by atoms with Gasteiger partial charge in [-0.05, 0) is 12.2 Å². The summed E-state index contributed by atoms with van der Waals surface area (Å²) in [6.45, 7) is 6.51. The molecule has 1 rings (SSSR count). The number of hydrogen-bond donors (Lipinski definition) is 2. The standard InChI is InChI=1S/C9H10N6O2/c1-3-5(16)15(6(17)4-2)9-13-7(10)12-8(11)14-9/h3-4H,1-2H2,(H4,10,11,12,13,14). The predicted octanol–water partition coefficient (Wildman–Crippen LogP) is -0.732. The predicted molar refractivity (Wildman–Crippen MR) is 61.5 cm³/mol. The highest BCUT2D eigenvalue weighted by molar-refractivity contribution is 6.20. The second kappa shape index (κ2) is 4.84. The van der Waals surface area contributed by atoms with Crippen LogP contribution in [0.15, 0.2) is 25.3 Å². The fourth-order valence-corrected chi connectivity index (χ4v) is 0.986. The van der Waals surface area contributed by atoms with E-state index in [1.165, 1.54) is 0 Å². The van der Waals surface area contributed by atoms with E-state index in [1.807, 2.05) is 0 Å². The van der Waals surface area contributed by atoms with Crippen LogP contribution in [-0.2, 0) is 9.59 Å². The first-order valence-electron chi connectivity index (χ1n) is 4.39. The van der Waals surface area contributed by atoms with Crippen LogP contribution in [0.3, 0.4) is 0 Å². The van der Waals surface area contributed by atoms with Gasteiger partial charge in [-0.15, -0.1) is 0 Å². The van der Waals surface area contributed by atoms with Crippen molar-refractivity contribution in [1.29, 1.82) is 0 Å². The molecule has 1 heterocycles. The van der Waals surface area contributed by atoms with Gasteiger partial charge in [0.05, 0.1) is 0 Å². The Kier molecular flexibility index (Phi) is 3.50. The van der Waals surface area contributed by atoms with Crippen LogP contribution in [0.5, 0.6) is 0 Å². The van der Waals surface area contributed by atoms with Gasteiger partial charge in [-0.1, -0.05) is 13.2 Å². The molecular formula is C9H10N6O2. The molecule has 0 radical (unpaired) electrons. The van der Waals surface area contributed by atoms with E-state index in [4.69, 9.17) is 11.5 Å². The van der Waals surface area contributed by atoms with E-state index >= 15 is 0 Å². The van der Waals surface area contributed by atoms with E-state index < -0.39 is 11.8 Å². The lowest BCUT2D eigenvalue weighted by Gasteiger charge is -2.15. The van der Waals surface area contributed by atoms with Gasteiger partial charge in [0.25, 0.3) is 11.8 Å². The van der Waals surface area contributed by atoms with E-state index in [0.717, 1.165) is 12.2 Å². The van der Waals surface area contributed by atoms with Gasteiger partial charge >= 0.3 is 0 Å². The Morgan fingerprint density at radius 2 is 1.41 bits per heavy atom. The minimum Gasteiger partial charge on any atom is -0.368 e. The summed E-state index contributed by atoms with van der Waals surface area (Å²) in [5, 5.41) is 0. The maximum Gasteiger partial charge on any atom is 0.259 e. The third kappa shape index (κ3) is 2.62. The molecule has 0 saturated heterocycles. The first-order valence-corrected chi connectivity index (χ1v) is 4.39. The molecule has 0 atom stereocenters. The van der Waals surface area contributed by atoms with Crippen molar-refractivity contribution in [3.63, 3.8) is 0 Å². The summed E-state index contributed by atoms with van der Waals surface area (Å²) in [5.74, 6) is -2.12. The zero-order chi connectivity index (χ0) is 13.0. The average molecular weight is 234 g/mol. The second-order valence-electron chi connectivity index (χ2n) is 2.77. The van der Waals surface area contributed by atoms with Crippen molar-refractivity contribution in [2.45, 2.75) is 0 Å². The summed E-state index contributed by atoms with van der Waals surface area (Å²) in [6, 6.07) is 0. The number of aromatic nitrogens is 3. The molecule has 8 nitrogen and oxygen atoms in total. The number of hydrogen-bond acceptors (Lipinski definition) is 7. The first kappa shape index (κ1) is 12.3. The number of nitrogens with zero attached hydrogens (tertiary/aromatic N) is 4. The van der Waals surface area contributed by atoms with Gasteiger partial charge < -0.3 is 11.5 Å². The number of carbonyl (C=O) groups excluding carboxylic acids is 2. The lowest BCUT2D eigenvalue weighted by atomic mass is 10.4. The fraction of sp³-hybridized carbons (Fsp3) is 0. The lowest BCUT2D eigenvalue weighted by Crippen LogP contribution is -2.36. The molecule has 2 amide bonds. The molecule has 0 aliphatic carbocycles. The topological polar surface area (TPSA) is 128 Å². The first-order chi connectivity index (χ1) is 7.99. The van der Waals surface area contributed by atoms with Crippen molar-refractivity contribution in [2.75, 3.05) is 16.4 Å². The maximum absolute atomic E-state index is 11.5. The van der Waals surface area contributed by atoms with Crippen molar-refractivity contribution < 1.29 is 9.59 Å². The Balaban J connectivity index is 3.30. The third-order valence-corrected chi connectivity index (χ3v) is 1.65. The summed E-state index contributed by atoms with van der Waals surface area (Å²) in [5.41, 5.74) is 10.7. The molecule has 4 N–H and O–H groups in total. The normalized spacial score (nSPS) is 9.41. The van der Waals surface area contributed by atoms with E-state index in [9.17, 15) is 9.59 Å². The van der Waals surface area contributed by atoms with Crippen LogP contribution in [-0.4, -0.2) is 26.8 Å². The quantitative estimate of drug-likeness (QED) is 0.659. The molecule has 0 spiro atoms. The van der Waals surface area contributed by atoms with Gasteiger partial charge in [-0.2, -0.15) is 15.0 Å². The molecule has 88 valence electrons. The zero-order valence-electron chi connectivity index (χ0n) is 8.83. The van der Waals surface area contributed by atoms with Gasteiger partial charge in [0, 0.05) is 0 Å². The van der Waals surface area contributed by atoms with Crippen LogP contribution >= 0.6 is 0 Å². The number of amides is 2. The largest absolute Gasteiger partial charge is 0.368 e. The van der Waals surface area contributed by atoms with Crippen LogP contribution in [0.2, 0.25) is 0 Å². The molecule has 0 aliphatic rings. The van der Waals surface area contributed by atoms with Crippen LogP contribution in [0.4, 0.5) is 17.8 Å². The molecule has 0 unspecified atom stereocenters. The Hall–Kier alpha value is -2.77. The molecule has 0 aromatic carbocycles. The summed E-state index contributed by atoms with van der Waals surface area (Å²) in [7, 11) is 0. The van der Waals surface area contributed by atoms with Crippen molar-refractivity contribution in [2.24, 2.45) is 0 Å². The maximum atomic E-state index is 11.5. The van der Waals surface area contributed by atoms with Crippen molar-refractivity contribution in [3.8, 4) is 0 Å².